The Morgan fingerprint density at radius 1 is 1.08 bits per heavy atom. The molecule has 0 fully saturated rings. The second-order valence-electron chi connectivity index (χ2n) is 2.28. The summed E-state index contributed by atoms with van der Waals surface area (Å²) in [6.45, 7) is 0. The van der Waals surface area contributed by atoms with Crippen molar-refractivity contribution in [2.45, 2.75) is 11.5 Å². The van der Waals surface area contributed by atoms with E-state index in [0.717, 1.165) is 11.5 Å². The Bertz CT molecular complexity index is 219. The van der Waals surface area contributed by atoms with Gasteiger partial charge in [-0.05, 0) is 12.1 Å². The van der Waals surface area contributed by atoms with Crippen LogP contribution in [-0.2, 0) is 0 Å². The normalized spacial score (nSPS) is 11.2. The Balaban J connectivity index is 0.000000213. The molecular formula is C8H10BGeO2. The number of fused-ring (bicyclic) bond motifs is 1. The fourth-order valence-corrected chi connectivity index (χ4v) is 0.773. The van der Waals surface area contributed by atoms with Crippen molar-refractivity contribution in [2.75, 3.05) is 0 Å². The Kier molecular flexibility index (Phi) is 4.08. The van der Waals surface area contributed by atoms with Gasteiger partial charge in [-0.25, -0.2) is 0 Å². The van der Waals surface area contributed by atoms with E-state index in [1.54, 1.807) is 0 Å². The van der Waals surface area contributed by atoms with Crippen LogP contribution in [0, 0.1) is 0 Å². The molecule has 0 aliphatic carbocycles. The van der Waals surface area contributed by atoms with Gasteiger partial charge in [0.05, 0.1) is 0 Å². The van der Waals surface area contributed by atoms with Crippen molar-refractivity contribution in [1.82, 2.24) is 0 Å². The third kappa shape index (κ3) is 2.48. The van der Waals surface area contributed by atoms with E-state index in [9.17, 15) is 0 Å². The molecule has 1 heterocycles. The van der Waals surface area contributed by atoms with Crippen LogP contribution in [0.25, 0.3) is 0 Å². The van der Waals surface area contributed by atoms with Crippen molar-refractivity contribution in [3.05, 3.63) is 24.3 Å². The third-order valence-corrected chi connectivity index (χ3v) is 1.20. The minimum absolute atomic E-state index is 0.500. The number of hydrogen-bond donors (Lipinski definition) is 0. The molecule has 0 unspecified atom stereocenters. The van der Waals surface area contributed by atoms with Gasteiger partial charge in [0, 0.05) is 0 Å². The van der Waals surface area contributed by atoms with Crippen LogP contribution in [0.1, 0.15) is 0 Å². The molecule has 4 heteroatoms. The quantitative estimate of drug-likeness (QED) is 0.622. The fourth-order valence-electron chi connectivity index (χ4n) is 0.773. The van der Waals surface area contributed by atoms with Crippen LogP contribution in [0.2, 0.25) is 11.5 Å². The van der Waals surface area contributed by atoms with Crippen LogP contribution in [0.3, 0.4) is 0 Å². The summed E-state index contributed by atoms with van der Waals surface area (Å²) >= 11 is 0.500. The molecule has 2 rings (SSSR count). The Hall–Kier alpha value is -0.572. The van der Waals surface area contributed by atoms with Gasteiger partial charge in [0.25, 0.3) is 0 Å². The zero-order valence-electron chi connectivity index (χ0n) is 7.20. The van der Waals surface area contributed by atoms with Gasteiger partial charge in [-0.15, -0.1) is 0 Å². The molecule has 3 radical (unpaired) electrons. The summed E-state index contributed by atoms with van der Waals surface area (Å²) in [6.07, 6.45) is 0. The molecule has 1 aromatic rings. The van der Waals surface area contributed by atoms with Gasteiger partial charge in [-0.3, -0.25) is 0 Å². The standard InChI is InChI=1S/C6H4BO2.C2H6Ge/c1-2-4-6-5(3-1)8-7-9-6;1-3-2/h1-4H;1-2H3. The first-order valence-electron chi connectivity index (χ1n) is 3.71. The summed E-state index contributed by atoms with van der Waals surface area (Å²) in [5, 5.41) is 0. The van der Waals surface area contributed by atoms with E-state index in [0.29, 0.717) is 15.4 Å². The number of hydrogen-bond acceptors (Lipinski definition) is 2. The first-order chi connectivity index (χ1) is 5.88. The summed E-state index contributed by atoms with van der Waals surface area (Å²) in [7, 11) is 1.32. The topological polar surface area (TPSA) is 18.5 Å². The molecule has 0 saturated carbocycles. The van der Waals surface area contributed by atoms with Crippen LogP contribution in [0.15, 0.2) is 24.3 Å². The molecule has 1 aromatic carbocycles. The summed E-state index contributed by atoms with van der Waals surface area (Å²) in [5.41, 5.74) is 0. The molecule has 2 nitrogen and oxygen atoms in total. The van der Waals surface area contributed by atoms with Crippen molar-refractivity contribution in [2.24, 2.45) is 0 Å². The van der Waals surface area contributed by atoms with Gasteiger partial charge in [-0.2, -0.15) is 0 Å². The zero-order chi connectivity index (χ0) is 8.81. The Labute approximate surface area is 80.0 Å². The average Bonchev–Trinajstić information content (AvgIpc) is 2.52. The predicted octanol–water partition coefficient (Wildman–Crippen LogP) is 1.78. The molecule has 0 amide bonds. The van der Waals surface area contributed by atoms with Gasteiger partial charge in [-0.1, -0.05) is 12.1 Å². The maximum atomic E-state index is 4.95. The van der Waals surface area contributed by atoms with Gasteiger partial charge in [0.15, 0.2) is 0 Å². The van der Waals surface area contributed by atoms with Crippen molar-refractivity contribution in [1.29, 1.82) is 0 Å². The van der Waals surface area contributed by atoms with Crippen molar-refractivity contribution in [3.8, 4) is 11.5 Å². The van der Waals surface area contributed by atoms with E-state index < -0.39 is 0 Å². The maximum absolute atomic E-state index is 4.95. The molecule has 61 valence electrons. The zero-order valence-corrected chi connectivity index (χ0v) is 9.30. The summed E-state index contributed by atoms with van der Waals surface area (Å²) in [6, 6.07) is 7.53. The third-order valence-electron chi connectivity index (χ3n) is 1.20. The van der Waals surface area contributed by atoms with Gasteiger partial charge in [0.2, 0.25) is 0 Å². The Morgan fingerprint density at radius 2 is 1.50 bits per heavy atom. The first-order valence-corrected chi connectivity index (χ1v) is 7.90. The van der Waals surface area contributed by atoms with E-state index in [1.165, 1.54) is 7.69 Å². The molecule has 0 saturated heterocycles. The molecule has 1 aliphatic heterocycles. The summed E-state index contributed by atoms with van der Waals surface area (Å²) < 4.78 is 9.90. The number of benzene rings is 1. The molecule has 0 spiro atoms. The molecule has 0 atom stereocenters. The first kappa shape index (κ1) is 9.52. The van der Waals surface area contributed by atoms with Crippen LogP contribution < -0.4 is 9.31 Å². The molecular weight excluding hydrogens is 212 g/mol. The van der Waals surface area contributed by atoms with Crippen LogP contribution >= 0.6 is 0 Å². The number of rotatable bonds is 0. The van der Waals surface area contributed by atoms with Gasteiger partial charge in [0.1, 0.15) is 11.5 Å². The molecule has 0 bridgehead atoms. The van der Waals surface area contributed by atoms with E-state index in [4.69, 9.17) is 9.31 Å². The van der Waals surface area contributed by atoms with E-state index in [1.807, 2.05) is 24.3 Å². The van der Waals surface area contributed by atoms with E-state index in [2.05, 4.69) is 11.5 Å². The van der Waals surface area contributed by atoms with Gasteiger partial charge < -0.3 is 9.31 Å². The average molecular weight is 222 g/mol. The second kappa shape index (κ2) is 5.14. The molecule has 12 heavy (non-hydrogen) atoms. The van der Waals surface area contributed by atoms with Crippen molar-refractivity contribution in [3.63, 3.8) is 0 Å². The number of para-hydroxylation sites is 2. The second-order valence-corrected chi connectivity index (χ2v) is 4.38. The molecule has 1 aliphatic rings. The Morgan fingerprint density at radius 3 is 1.92 bits per heavy atom. The monoisotopic (exact) mass is 223 g/mol. The molecule has 0 aromatic heterocycles. The van der Waals surface area contributed by atoms with Crippen molar-refractivity contribution >= 4 is 23.1 Å². The summed E-state index contributed by atoms with van der Waals surface area (Å²) in [5.74, 6) is 6.08. The van der Waals surface area contributed by atoms with E-state index in [-0.39, 0.29) is 0 Å². The van der Waals surface area contributed by atoms with Crippen LogP contribution in [-0.4, -0.2) is 23.1 Å². The SMILES string of the molecule is [B]1Oc2ccccc2O1.[CH3][Ge][CH3]. The van der Waals surface area contributed by atoms with E-state index >= 15 is 0 Å². The minimum atomic E-state index is 0.500. The van der Waals surface area contributed by atoms with Crippen LogP contribution in [0.4, 0.5) is 0 Å². The van der Waals surface area contributed by atoms with Gasteiger partial charge >= 0.3 is 34.6 Å². The fraction of sp³-hybridized carbons (Fsp3) is 0.250. The van der Waals surface area contributed by atoms with Crippen molar-refractivity contribution < 1.29 is 9.31 Å². The molecule has 0 N–H and O–H groups in total. The predicted molar refractivity (Wildman–Crippen MR) is 50.9 cm³/mol. The summed E-state index contributed by atoms with van der Waals surface area (Å²) in [4.78, 5) is 0. The van der Waals surface area contributed by atoms with Crippen LogP contribution in [0.5, 0.6) is 11.5 Å².